The lowest BCUT2D eigenvalue weighted by Gasteiger charge is -2.49. The van der Waals surface area contributed by atoms with E-state index >= 15 is 0 Å². The third-order valence-corrected chi connectivity index (χ3v) is 5.91. The normalized spacial score (nSPS) is 23.6. The Morgan fingerprint density at radius 1 is 1.33 bits per heavy atom. The second kappa shape index (κ2) is 6.69. The average molecular weight is 392 g/mol. The van der Waals surface area contributed by atoms with Gasteiger partial charge in [0.2, 0.25) is 5.91 Å². The number of non-ortho nitro benzene ring substituents is 1. The number of nitrogens with zero attached hydrogens (tertiary/aromatic N) is 2. The first kappa shape index (κ1) is 18.9. The van der Waals surface area contributed by atoms with E-state index in [1.807, 2.05) is 0 Å². The number of nitro benzene ring substituents is 1. The van der Waals surface area contributed by atoms with E-state index < -0.39 is 21.7 Å². The van der Waals surface area contributed by atoms with Gasteiger partial charge in [-0.2, -0.15) is 0 Å². The van der Waals surface area contributed by atoms with Crippen LogP contribution < -0.4 is 0 Å². The number of carbonyl (C=O) groups is 3. The summed E-state index contributed by atoms with van der Waals surface area (Å²) in [6.07, 6.45) is 0. The SMILES string of the molecule is CC(=O)OC1=C(C(=O)OCc2ccc([N+](=O)[O-])cc2)N2C(=O)[C@H](C)[C@@]2(C)S1. The largest absolute Gasteiger partial charge is 0.456 e. The molecule has 0 N–H and O–H groups in total. The number of hydrogen-bond acceptors (Lipinski definition) is 8. The van der Waals surface area contributed by atoms with E-state index in [0.29, 0.717) is 5.56 Å². The summed E-state index contributed by atoms with van der Waals surface area (Å²) in [5, 5.41) is 10.7. The summed E-state index contributed by atoms with van der Waals surface area (Å²) in [5.74, 6) is -2.01. The van der Waals surface area contributed by atoms with E-state index in [0.717, 1.165) is 11.8 Å². The molecule has 2 aliphatic rings. The molecule has 0 aliphatic carbocycles. The first-order chi connectivity index (χ1) is 12.6. The zero-order valence-electron chi connectivity index (χ0n) is 14.8. The maximum absolute atomic E-state index is 12.6. The Morgan fingerprint density at radius 3 is 2.52 bits per heavy atom. The molecule has 1 saturated heterocycles. The summed E-state index contributed by atoms with van der Waals surface area (Å²) >= 11 is 1.13. The predicted molar refractivity (Wildman–Crippen MR) is 93.7 cm³/mol. The second-order valence-corrected chi connectivity index (χ2v) is 7.68. The average Bonchev–Trinajstić information content (AvgIpc) is 2.88. The van der Waals surface area contributed by atoms with Gasteiger partial charge in [0.1, 0.15) is 11.5 Å². The number of thioether (sulfide) groups is 1. The molecule has 0 unspecified atom stereocenters. The Labute approximate surface area is 158 Å². The minimum atomic E-state index is -0.805. The molecule has 2 aliphatic heterocycles. The molecule has 0 radical (unpaired) electrons. The van der Waals surface area contributed by atoms with Crippen LogP contribution in [-0.2, 0) is 30.5 Å². The van der Waals surface area contributed by atoms with Crippen molar-refractivity contribution in [3.05, 3.63) is 50.7 Å². The number of amides is 1. The number of nitro groups is 1. The lowest BCUT2D eigenvalue weighted by atomic mass is 9.89. The van der Waals surface area contributed by atoms with Gasteiger partial charge in [-0.3, -0.25) is 24.6 Å². The molecule has 1 aromatic rings. The van der Waals surface area contributed by atoms with Crippen molar-refractivity contribution in [1.29, 1.82) is 0 Å². The van der Waals surface area contributed by atoms with Crippen LogP contribution in [0.4, 0.5) is 5.69 Å². The number of rotatable bonds is 5. The van der Waals surface area contributed by atoms with Crippen LogP contribution in [0.5, 0.6) is 0 Å². The van der Waals surface area contributed by atoms with Gasteiger partial charge in [-0.05, 0) is 24.6 Å². The van der Waals surface area contributed by atoms with Gasteiger partial charge in [0, 0.05) is 19.1 Å². The molecule has 0 spiro atoms. The summed E-state index contributed by atoms with van der Waals surface area (Å²) in [6.45, 7) is 4.58. The fourth-order valence-corrected chi connectivity index (χ4v) is 4.22. The van der Waals surface area contributed by atoms with Gasteiger partial charge in [-0.15, -0.1) is 0 Å². The Kier molecular flexibility index (Phi) is 4.68. The topological polar surface area (TPSA) is 116 Å². The Morgan fingerprint density at radius 2 is 1.96 bits per heavy atom. The molecule has 2 heterocycles. The number of hydrogen-bond donors (Lipinski definition) is 0. The fourth-order valence-electron chi connectivity index (χ4n) is 2.87. The van der Waals surface area contributed by atoms with Crippen molar-refractivity contribution in [2.75, 3.05) is 0 Å². The van der Waals surface area contributed by atoms with Crippen LogP contribution in [0.15, 0.2) is 35.1 Å². The molecule has 2 atom stereocenters. The Bertz CT molecular complexity index is 880. The first-order valence-corrected chi connectivity index (χ1v) is 8.83. The summed E-state index contributed by atoms with van der Waals surface area (Å²) in [7, 11) is 0. The smallest absolute Gasteiger partial charge is 0.359 e. The molecule has 10 heteroatoms. The summed E-state index contributed by atoms with van der Waals surface area (Å²) < 4.78 is 10.4. The van der Waals surface area contributed by atoms with Crippen molar-refractivity contribution in [2.24, 2.45) is 5.92 Å². The minimum Gasteiger partial charge on any atom is -0.456 e. The van der Waals surface area contributed by atoms with Crippen molar-refractivity contribution >= 4 is 35.3 Å². The van der Waals surface area contributed by atoms with E-state index in [1.165, 1.54) is 36.1 Å². The van der Waals surface area contributed by atoms with Crippen LogP contribution in [-0.4, -0.2) is 32.5 Å². The molecule has 1 fully saturated rings. The molecular formula is C17H16N2O7S. The molecule has 0 aromatic heterocycles. The summed E-state index contributed by atoms with van der Waals surface area (Å²) in [5.41, 5.74) is 0.371. The van der Waals surface area contributed by atoms with Crippen molar-refractivity contribution in [1.82, 2.24) is 4.90 Å². The quantitative estimate of drug-likeness (QED) is 0.324. The zero-order chi connectivity index (χ0) is 19.9. The minimum absolute atomic E-state index is 0.0383. The molecule has 27 heavy (non-hydrogen) atoms. The first-order valence-electron chi connectivity index (χ1n) is 8.01. The van der Waals surface area contributed by atoms with Crippen LogP contribution in [0.1, 0.15) is 26.3 Å². The number of esters is 2. The summed E-state index contributed by atoms with van der Waals surface area (Å²) in [6, 6.07) is 5.54. The lowest BCUT2D eigenvalue weighted by Crippen LogP contribution is -2.64. The highest BCUT2D eigenvalue weighted by Gasteiger charge is 2.63. The standard InChI is InChI=1S/C17H16N2O7S/c1-9-14(21)18-13(16(26-10(2)20)27-17(9,18)3)15(22)25-8-11-4-6-12(7-5-11)19(23)24/h4-7,9H,8H2,1-3H3/t9-,17+/m0/s1. The Hall–Kier alpha value is -2.88. The number of fused-ring (bicyclic) bond motifs is 1. The zero-order valence-corrected chi connectivity index (χ0v) is 15.6. The molecule has 0 saturated carbocycles. The lowest BCUT2D eigenvalue weighted by molar-refractivity contribution is -0.384. The Balaban J connectivity index is 1.77. The highest BCUT2D eigenvalue weighted by atomic mass is 32.2. The van der Waals surface area contributed by atoms with Crippen molar-refractivity contribution < 1.29 is 28.8 Å². The van der Waals surface area contributed by atoms with Gasteiger partial charge in [0.15, 0.2) is 10.8 Å². The van der Waals surface area contributed by atoms with Gasteiger partial charge in [-0.25, -0.2) is 4.79 Å². The van der Waals surface area contributed by atoms with Crippen LogP contribution in [0.2, 0.25) is 0 Å². The molecule has 3 rings (SSSR count). The van der Waals surface area contributed by atoms with Gasteiger partial charge < -0.3 is 9.47 Å². The summed E-state index contributed by atoms with van der Waals surface area (Å²) in [4.78, 5) is 46.9. The van der Waals surface area contributed by atoms with E-state index in [9.17, 15) is 24.5 Å². The maximum atomic E-state index is 12.6. The van der Waals surface area contributed by atoms with Crippen LogP contribution >= 0.6 is 11.8 Å². The molecule has 0 bridgehead atoms. The third kappa shape index (κ3) is 3.16. The van der Waals surface area contributed by atoms with E-state index in [1.54, 1.807) is 13.8 Å². The highest BCUT2D eigenvalue weighted by molar-refractivity contribution is 8.04. The number of ether oxygens (including phenoxy) is 2. The third-order valence-electron chi connectivity index (χ3n) is 4.50. The monoisotopic (exact) mass is 392 g/mol. The van der Waals surface area contributed by atoms with Gasteiger partial charge in [-0.1, -0.05) is 18.7 Å². The molecular weight excluding hydrogens is 376 g/mol. The van der Waals surface area contributed by atoms with Gasteiger partial charge in [0.25, 0.3) is 5.69 Å². The number of carbonyl (C=O) groups excluding carboxylic acids is 3. The second-order valence-electron chi connectivity index (χ2n) is 6.28. The van der Waals surface area contributed by atoms with Crippen molar-refractivity contribution in [3.63, 3.8) is 0 Å². The van der Waals surface area contributed by atoms with Crippen molar-refractivity contribution in [3.8, 4) is 0 Å². The molecule has 9 nitrogen and oxygen atoms in total. The van der Waals surface area contributed by atoms with Crippen LogP contribution in [0.25, 0.3) is 0 Å². The van der Waals surface area contributed by atoms with Gasteiger partial charge >= 0.3 is 11.9 Å². The van der Waals surface area contributed by atoms with Crippen LogP contribution in [0.3, 0.4) is 0 Å². The van der Waals surface area contributed by atoms with E-state index in [2.05, 4.69) is 0 Å². The highest BCUT2D eigenvalue weighted by Crippen LogP contribution is 2.57. The van der Waals surface area contributed by atoms with E-state index in [4.69, 9.17) is 9.47 Å². The van der Waals surface area contributed by atoms with Crippen molar-refractivity contribution in [2.45, 2.75) is 32.2 Å². The van der Waals surface area contributed by atoms with Crippen LogP contribution in [0, 0.1) is 16.0 Å². The van der Waals surface area contributed by atoms with Gasteiger partial charge in [0.05, 0.1) is 10.8 Å². The molecule has 1 amide bonds. The molecule has 142 valence electrons. The molecule has 1 aromatic carbocycles. The van der Waals surface area contributed by atoms with E-state index in [-0.39, 0.29) is 34.9 Å². The fraction of sp³-hybridized carbons (Fsp3) is 0.353. The maximum Gasteiger partial charge on any atom is 0.359 e. The predicted octanol–water partition coefficient (Wildman–Crippen LogP) is 2.31. The number of β-lactam (4-membered cyclic amide) rings is 1. The number of benzene rings is 1.